The lowest BCUT2D eigenvalue weighted by Crippen LogP contribution is -2.44. The van der Waals surface area contributed by atoms with Gasteiger partial charge in [0.05, 0.1) is 0 Å². The number of anilines is 1. The summed E-state index contributed by atoms with van der Waals surface area (Å²) >= 11 is 0. The van der Waals surface area contributed by atoms with Gasteiger partial charge in [0.25, 0.3) is 0 Å². The third kappa shape index (κ3) is 3.89. The molecule has 6 heteroatoms. The molecule has 1 aromatic rings. The molecule has 3 amide bonds. The monoisotopic (exact) mass is 263 g/mol. The van der Waals surface area contributed by atoms with E-state index in [1.54, 1.807) is 24.3 Å². The molecule has 0 aliphatic heterocycles. The van der Waals surface area contributed by atoms with Gasteiger partial charge in [0, 0.05) is 19.3 Å². The number of para-hydroxylation sites is 1. The number of nitrogens with two attached hydrogens (primary N) is 1. The highest BCUT2D eigenvalue weighted by Crippen LogP contribution is 2.11. The van der Waals surface area contributed by atoms with E-state index in [-0.39, 0.29) is 6.54 Å². The Morgan fingerprint density at radius 3 is 2.37 bits per heavy atom. The standard InChI is InChI=1S/C13H17N3O3/c1-15(11-6-3-2-4-7-11)12(18)13(19)16(10-17)9-5-8-14/h2-4,6-7,10H,5,8-9,14H2,1H3. The number of likely N-dealkylation sites (N-methyl/N-ethyl adjacent to an activating group) is 1. The van der Waals surface area contributed by atoms with Crippen molar-refractivity contribution in [3.8, 4) is 0 Å². The second-order valence-electron chi connectivity index (χ2n) is 3.95. The molecule has 0 aliphatic carbocycles. The Balaban J connectivity index is 2.75. The van der Waals surface area contributed by atoms with E-state index in [1.165, 1.54) is 11.9 Å². The molecule has 0 unspecified atom stereocenters. The van der Waals surface area contributed by atoms with Crippen LogP contribution in [0.1, 0.15) is 6.42 Å². The van der Waals surface area contributed by atoms with E-state index >= 15 is 0 Å². The quantitative estimate of drug-likeness (QED) is 0.598. The predicted octanol–water partition coefficient (Wildman–Crippen LogP) is -0.0168. The molecule has 0 heterocycles. The molecule has 0 saturated carbocycles. The van der Waals surface area contributed by atoms with Crippen molar-refractivity contribution in [3.63, 3.8) is 0 Å². The molecule has 2 N–H and O–H groups in total. The van der Waals surface area contributed by atoms with Gasteiger partial charge in [-0.1, -0.05) is 18.2 Å². The van der Waals surface area contributed by atoms with Gasteiger partial charge in [0.15, 0.2) is 0 Å². The van der Waals surface area contributed by atoms with Crippen molar-refractivity contribution in [1.29, 1.82) is 0 Å². The van der Waals surface area contributed by atoms with Crippen LogP contribution >= 0.6 is 0 Å². The van der Waals surface area contributed by atoms with Crippen LogP contribution in [-0.4, -0.2) is 43.3 Å². The Morgan fingerprint density at radius 1 is 1.21 bits per heavy atom. The van der Waals surface area contributed by atoms with Crippen LogP contribution in [0.5, 0.6) is 0 Å². The number of hydrogen-bond donors (Lipinski definition) is 1. The first-order valence-electron chi connectivity index (χ1n) is 5.91. The van der Waals surface area contributed by atoms with E-state index in [2.05, 4.69) is 0 Å². The molecule has 0 bridgehead atoms. The van der Waals surface area contributed by atoms with Gasteiger partial charge in [0.2, 0.25) is 6.41 Å². The fraction of sp³-hybridized carbons (Fsp3) is 0.308. The fourth-order valence-corrected chi connectivity index (χ4v) is 1.50. The van der Waals surface area contributed by atoms with Crippen molar-refractivity contribution in [3.05, 3.63) is 30.3 Å². The number of nitrogens with zero attached hydrogens (tertiary/aromatic N) is 2. The van der Waals surface area contributed by atoms with Crippen LogP contribution in [0.4, 0.5) is 5.69 Å². The first kappa shape index (κ1) is 14.8. The molecule has 0 radical (unpaired) electrons. The van der Waals surface area contributed by atoms with Crippen molar-refractivity contribution < 1.29 is 14.4 Å². The van der Waals surface area contributed by atoms with Crippen LogP contribution in [0.25, 0.3) is 0 Å². The Bertz CT molecular complexity index is 448. The van der Waals surface area contributed by atoms with E-state index in [0.29, 0.717) is 25.1 Å². The maximum absolute atomic E-state index is 12.0. The largest absolute Gasteiger partial charge is 0.330 e. The molecule has 0 aromatic heterocycles. The zero-order valence-corrected chi connectivity index (χ0v) is 10.8. The van der Waals surface area contributed by atoms with Crippen LogP contribution < -0.4 is 10.6 Å². The van der Waals surface area contributed by atoms with Gasteiger partial charge in [-0.2, -0.15) is 0 Å². The SMILES string of the molecule is CN(C(=O)C(=O)N(C=O)CCCN)c1ccccc1. The van der Waals surface area contributed by atoms with Crippen molar-refractivity contribution in [2.45, 2.75) is 6.42 Å². The minimum Gasteiger partial charge on any atom is -0.330 e. The number of rotatable bonds is 5. The van der Waals surface area contributed by atoms with Gasteiger partial charge in [-0.25, -0.2) is 0 Å². The molecule has 19 heavy (non-hydrogen) atoms. The lowest BCUT2D eigenvalue weighted by Gasteiger charge is -2.20. The molecule has 0 saturated heterocycles. The van der Waals surface area contributed by atoms with Crippen LogP contribution in [0.3, 0.4) is 0 Å². The summed E-state index contributed by atoms with van der Waals surface area (Å²) in [7, 11) is 1.49. The van der Waals surface area contributed by atoms with Gasteiger partial charge >= 0.3 is 11.8 Å². The summed E-state index contributed by atoms with van der Waals surface area (Å²) < 4.78 is 0. The highest BCUT2D eigenvalue weighted by Gasteiger charge is 2.25. The fourth-order valence-electron chi connectivity index (χ4n) is 1.50. The third-order valence-electron chi connectivity index (χ3n) is 2.62. The minimum absolute atomic E-state index is 0.146. The number of hydrogen-bond acceptors (Lipinski definition) is 4. The van der Waals surface area contributed by atoms with Gasteiger partial charge in [0.1, 0.15) is 0 Å². The van der Waals surface area contributed by atoms with Crippen LogP contribution in [0.15, 0.2) is 30.3 Å². The molecule has 1 rings (SSSR count). The van der Waals surface area contributed by atoms with E-state index in [1.807, 2.05) is 6.07 Å². The average Bonchev–Trinajstić information content (AvgIpc) is 2.47. The van der Waals surface area contributed by atoms with Gasteiger partial charge in [-0.05, 0) is 25.1 Å². The Labute approximate surface area is 111 Å². The van der Waals surface area contributed by atoms with Crippen LogP contribution in [0.2, 0.25) is 0 Å². The molecule has 0 fully saturated rings. The molecule has 0 atom stereocenters. The maximum atomic E-state index is 12.0. The molecular weight excluding hydrogens is 246 g/mol. The summed E-state index contributed by atoms with van der Waals surface area (Å²) in [6, 6.07) is 8.74. The van der Waals surface area contributed by atoms with E-state index in [9.17, 15) is 14.4 Å². The topological polar surface area (TPSA) is 83.7 Å². The number of benzene rings is 1. The molecule has 0 aliphatic rings. The number of carbonyl (C=O) groups excluding carboxylic acids is 3. The Hall–Kier alpha value is -2.21. The maximum Gasteiger partial charge on any atom is 0.318 e. The zero-order valence-electron chi connectivity index (χ0n) is 10.8. The summed E-state index contributed by atoms with van der Waals surface area (Å²) in [6.45, 7) is 0.494. The smallest absolute Gasteiger partial charge is 0.318 e. The summed E-state index contributed by atoms with van der Waals surface area (Å²) in [5.74, 6) is -1.61. The Kier molecular flexibility index (Phi) is 5.69. The van der Waals surface area contributed by atoms with Gasteiger partial charge in [-0.15, -0.1) is 0 Å². The highest BCUT2D eigenvalue weighted by molar-refractivity contribution is 6.41. The number of carbonyl (C=O) groups is 3. The molecule has 6 nitrogen and oxygen atoms in total. The van der Waals surface area contributed by atoms with E-state index in [4.69, 9.17) is 5.73 Å². The first-order chi connectivity index (χ1) is 9.11. The summed E-state index contributed by atoms with van der Waals surface area (Å²) in [6.07, 6.45) is 0.821. The summed E-state index contributed by atoms with van der Waals surface area (Å²) in [5, 5.41) is 0. The number of amides is 3. The minimum atomic E-state index is -0.852. The normalized spacial score (nSPS) is 9.79. The van der Waals surface area contributed by atoms with Crippen LogP contribution in [-0.2, 0) is 14.4 Å². The van der Waals surface area contributed by atoms with Crippen LogP contribution in [0, 0.1) is 0 Å². The highest BCUT2D eigenvalue weighted by atomic mass is 16.2. The van der Waals surface area contributed by atoms with Gasteiger partial charge in [-0.3, -0.25) is 19.3 Å². The van der Waals surface area contributed by atoms with Crippen molar-refractivity contribution in [2.75, 3.05) is 25.0 Å². The lowest BCUT2D eigenvalue weighted by atomic mass is 10.3. The predicted molar refractivity (Wildman–Crippen MR) is 71.3 cm³/mol. The third-order valence-corrected chi connectivity index (χ3v) is 2.62. The summed E-state index contributed by atoms with van der Waals surface area (Å²) in [5.41, 5.74) is 5.90. The number of imide groups is 1. The second-order valence-corrected chi connectivity index (χ2v) is 3.95. The second kappa shape index (κ2) is 7.27. The van der Waals surface area contributed by atoms with Crippen molar-refractivity contribution >= 4 is 23.9 Å². The van der Waals surface area contributed by atoms with Gasteiger partial charge < -0.3 is 10.6 Å². The zero-order chi connectivity index (χ0) is 14.3. The lowest BCUT2D eigenvalue weighted by molar-refractivity contribution is -0.147. The average molecular weight is 263 g/mol. The van der Waals surface area contributed by atoms with E-state index < -0.39 is 11.8 Å². The van der Waals surface area contributed by atoms with E-state index in [0.717, 1.165) is 4.90 Å². The first-order valence-corrected chi connectivity index (χ1v) is 5.91. The molecular formula is C13H17N3O3. The molecule has 102 valence electrons. The molecule has 1 aromatic carbocycles. The Morgan fingerprint density at radius 2 is 1.84 bits per heavy atom. The van der Waals surface area contributed by atoms with Crippen molar-refractivity contribution in [2.24, 2.45) is 5.73 Å². The summed E-state index contributed by atoms with van der Waals surface area (Å²) in [4.78, 5) is 36.7. The van der Waals surface area contributed by atoms with Crippen molar-refractivity contribution in [1.82, 2.24) is 4.90 Å². The molecule has 0 spiro atoms.